The van der Waals surface area contributed by atoms with E-state index in [1.165, 1.54) is 49.9 Å². The van der Waals surface area contributed by atoms with E-state index in [0.29, 0.717) is 0 Å². The molecule has 0 saturated heterocycles. The molecule has 0 fully saturated rings. The Bertz CT molecular complexity index is 174. The van der Waals surface area contributed by atoms with Gasteiger partial charge < -0.3 is 0 Å². The zero-order valence-corrected chi connectivity index (χ0v) is 12.5. The average Bonchev–Trinajstić information content (AvgIpc) is 2.28. The van der Waals surface area contributed by atoms with E-state index in [9.17, 15) is 0 Å². The smallest absolute Gasteiger partial charge is 0.0140 e. The lowest BCUT2D eigenvalue weighted by molar-refractivity contribution is 0.412. The summed E-state index contributed by atoms with van der Waals surface area (Å²) in [6.07, 6.45) is 11.6. The summed E-state index contributed by atoms with van der Waals surface area (Å²) in [7, 11) is 0. The van der Waals surface area contributed by atoms with E-state index in [1.54, 1.807) is 11.8 Å². The van der Waals surface area contributed by atoms with Crippen molar-refractivity contribution in [3.05, 3.63) is 11.5 Å². The first kappa shape index (κ1) is 16.1. The molecule has 96 valence electrons. The van der Waals surface area contributed by atoms with Crippen molar-refractivity contribution in [1.82, 2.24) is 0 Å². The minimum absolute atomic E-state index is 0.902. The molecule has 0 aromatic carbocycles. The highest BCUT2D eigenvalue weighted by Gasteiger charge is 2.04. The van der Waals surface area contributed by atoms with Gasteiger partial charge in [-0.3, -0.25) is 0 Å². The maximum absolute atomic E-state index is 4.03. The highest BCUT2D eigenvalue weighted by Crippen LogP contribution is 2.22. The Morgan fingerprint density at radius 1 is 1.06 bits per heavy atom. The van der Waals surface area contributed by atoms with Crippen molar-refractivity contribution in [2.45, 2.75) is 65.7 Å². The molecule has 0 amide bonds. The van der Waals surface area contributed by atoms with Gasteiger partial charge in [-0.25, -0.2) is 0 Å². The molecule has 16 heavy (non-hydrogen) atoms. The Balaban J connectivity index is 3.37. The molecule has 0 N–H and O–H groups in total. The molecule has 0 aliphatic carbocycles. The van der Waals surface area contributed by atoms with Crippen molar-refractivity contribution in [1.29, 1.82) is 0 Å². The normalized spacial score (nSPS) is 14.8. The zero-order chi connectivity index (χ0) is 12.4. The molecule has 0 nitrogen and oxygen atoms in total. The number of rotatable bonds is 10. The molecule has 0 spiro atoms. The van der Waals surface area contributed by atoms with Crippen molar-refractivity contribution in [3.63, 3.8) is 0 Å². The van der Waals surface area contributed by atoms with Crippen LogP contribution in [0.25, 0.3) is 0 Å². The van der Waals surface area contributed by atoms with Crippen molar-refractivity contribution in [2.75, 3.05) is 6.26 Å². The maximum atomic E-state index is 4.03. The first-order valence-electron chi connectivity index (χ1n) is 6.81. The molecule has 2 atom stereocenters. The van der Waals surface area contributed by atoms with E-state index in [1.807, 2.05) is 0 Å². The lowest BCUT2D eigenvalue weighted by Gasteiger charge is -2.13. The number of hydrogen-bond acceptors (Lipinski definition) is 1. The molecule has 0 heterocycles. The lowest BCUT2D eigenvalue weighted by Crippen LogP contribution is -1.98. The van der Waals surface area contributed by atoms with E-state index >= 15 is 0 Å². The summed E-state index contributed by atoms with van der Waals surface area (Å²) < 4.78 is 0. The Morgan fingerprint density at radius 2 is 1.62 bits per heavy atom. The van der Waals surface area contributed by atoms with Gasteiger partial charge in [0.05, 0.1) is 0 Å². The van der Waals surface area contributed by atoms with Crippen LogP contribution < -0.4 is 0 Å². The van der Waals surface area contributed by atoms with Gasteiger partial charge in [0.25, 0.3) is 0 Å². The second kappa shape index (κ2) is 10.3. The van der Waals surface area contributed by atoms with Crippen molar-refractivity contribution in [2.24, 2.45) is 11.8 Å². The summed E-state index contributed by atoms with van der Waals surface area (Å²) in [5.41, 5.74) is 0. The van der Waals surface area contributed by atoms with E-state index in [0.717, 1.165) is 11.8 Å². The second-order valence-corrected chi connectivity index (χ2v) is 6.17. The van der Waals surface area contributed by atoms with E-state index in [2.05, 4.69) is 33.6 Å². The van der Waals surface area contributed by atoms with Crippen LogP contribution in [-0.4, -0.2) is 6.26 Å². The molecule has 0 radical (unpaired) electrons. The minimum Gasteiger partial charge on any atom is -0.135 e. The summed E-state index contributed by atoms with van der Waals surface area (Å²) in [5, 5.41) is 0. The molecular weight excluding hydrogens is 212 g/mol. The fourth-order valence-corrected chi connectivity index (χ4v) is 2.26. The van der Waals surface area contributed by atoms with Gasteiger partial charge in [0.15, 0.2) is 0 Å². The summed E-state index contributed by atoms with van der Waals surface area (Å²) >= 11 is 1.81. The Kier molecular flexibility index (Phi) is 10.3. The number of thioether (sulfide) groups is 1. The topological polar surface area (TPSA) is 0 Å². The largest absolute Gasteiger partial charge is 0.135 e. The third kappa shape index (κ3) is 9.33. The first-order chi connectivity index (χ1) is 7.60. The molecular formula is C15H30S. The van der Waals surface area contributed by atoms with Crippen LogP contribution in [0.5, 0.6) is 0 Å². The highest BCUT2D eigenvalue weighted by atomic mass is 32.2. The van der Waals surface area contributed by atoms with Gasteiger partial charge in [0.2, 0.25) is 0 Å². The summed E-state index contributed by atoms with van der Waals surface area (Å²) in [6, 6.07) is 0. The van der Waals surface area contributed by atoms with Crippen LogP contribution in [0, 0.1) is 11.8 Å². The van der Waals surface area contributed by atoms with Crippen LogP contribution in [0.15, 0.2) is 11.5 Å². The number of hydrogen-bond donors (Lipinski definition) is 0. The van der Waals surface area contributed by atoms with Crippen molar-refractivity contribution >= 4 is 11.8 Å². The summed E-state index contributed by atoms with van der Waals surface area (Å²) in [5.74, 6) is 1.82. The van der Waals surface area contributed by atoms with Gasteiger partial charge in [0.1, 0.15) is 0 Å². The third-order valence-electron chi connectivity index (χ3n) is 3.53. The van der Waals surface area contributed by atoms with Crippen molar-refractivity contribution in [3.8, 4) is 0 Å². The van der Waals surface area contributed by atoms with E-state index in [4.69, 9.17) is 0 Å². The van der Waals surface area contributed by atoms with Crippen LogP contribution in [0.4, 0.5) is 0 Å². The Morgan fingerprint density at radius 3 is 2.19 bits per heavy atom. The SMILES string of the molecule is C=C(CCCC(C)CCCC(C)CC)SC. The standard InChI is InChI=1S/C15H30S/c1-6-13(2)9-7-10-14(3)11-8-12-15(4)16-5/h13-14H,4,6-12H2,1-3,5H3. The second-order valence-electron chi connectivity index (χ2n) is 5.18. The lowest BCUT2D eigenvalue weighted by atomic mass is 9.94. The maximum Gasteiger partial charge on any atom is -0.0140 e. The van der Waals surface area contributed by atoms with Gasteiger partial charge in [-0.2, -0.15) is 0 Å². The molecule has 0 aromatic heterocycles. The molecule has 0 bridgehead atoms. The molecule has 0 aromatic rings. The van der Waals surface area contributed by atoms with Gasteiger partial charge in [-0.05, 0) is 35.8 Å². The monoisotopic (exact) mass is 242 g/mol. The zero-order valence-electron chi connectivity index (χ0n) is 11.7. The fourth-order valence-electron chi connectivity index (χ4n) is 1.91. The molecule has 0 saturated carbocycles. The Hall–Kier alpha value is 0.0900. The van der Waals surface area contributed by atoms with Crippen molar-refractivity contribution < 1.29 is 0 Å². The summed E-state index contributed by atoms with van der Waals surface area (Å²) in [4.78, 5) is 1.34. The predicted molar refractivity (Wildman–Crippen MR) is 79.0 cm³/mol. The predicted octanol–water partition coefficient (Wildman–Crippen LogP) is 5.89. The molecule has 0 aliphatic heterocycles. The minimum atomic E-state index is 0.902. The molecule has 1 heteroatoms. The van der Waals surface area contributed by atoms with E-state index in [-0.39, 0.29) is 0 Å². The van der Waals surface area contributed by atoms with Crippen LogP contribution in [0.2, 0.25) is 0 Å². The van der Waals surface area contributed by atoms with Crippen LogP contribution in [0.1, 0.15) is 65.7 Å². The number of allylic oxidation sites excluding steroid dienone is 1. The average molecular weight is 242 g/mol. The van der Waals surface area contributed by atoms with Gasteiger partial charge in [-0.1, -0.05) is 59.5 Å². The van der Waals surface area contributed by atoms with Crippen LogP contribution in [-0.2, 0) is 0 Å². The molecule has 0 aliphatic rings. The highest BCUT2D eigenvalue weighted by molar-refractivity contribution is 8.02. The quantitative estimate of drug-likeness (QED) is 0.460. The fraction of sp³-hybridized carbons (Fsp3) is 0.867. The Labute approximate surface area is 107 Å². The summed E-state index contributed by atoms with van der Waals surface area (Å²) in [6.45, 7) is 11.1. The van der Waals surface area contributed by atoms with Gasteiger partial charge in [0, 0.05) is 0 Å². The first-order valence-corrected chi connectivity index (χ1v) is 8.04. The third-order valence-corrected chi connectivity index (χ3v) is 4.31. The van der Waals surface area contributed by atoms with E-state index < -0.39 is 0 Å². The van der Waals surface area contributed by atoms with Crippen LogP contribution in [0.3, 0.4) is 0 Å². The van der Waals surface area contributed by atoms with Crippen LogP contribution >= 0.6 is 11.8 Å². The van der Waals surface area contributed by atoms with Gasteiger partial charge in [-0.15, -0.1) is 11.8 Å². The molecule has 0 rings (SSSR count). The molecule has 2 unspecified atom stereocenters. The van der Waals surface area contributed by atoms with Gasteiger partial charge >= 0.3 is 0 Å².